The molecule has 0 N–H and O–H groups in total. The lowest BCUT2D eigenvalue weighted by Gasteiger charge is -2.21. The zero-order valence-electron chi connectivity index (χ0n) is 11.0. The van der Waals surface area contributed by atoms with E-state index >= 15 is 0 Å². The van der Waals surface area contributed by atoms with Gasteiger partial charge in [0.2, 0.25) is 10.0 Å². The maximum atomic E-state index is 12.1. The van der Waals surface area contributed by atoms with Gasteiger partial charge in [-0.15, -0.1) is 0 Å². The van der Waals surface area contributed by atoms with Gasteiger partial charge in [0.25, 0.3) is 0 Å². The Hall–Kier alpha value is 0.310. The summed E-state index contributed by atoms with van der Waals surface area (Å²) in [6, 6.07) is 0. The quantitative estimate of drug-likeness (QED) is 0.506. The summed E-state index contributed by atoms with van der Waals surface area (Å²) in [4.78, 5) is 2.30. The molecule has 0 bridgehead atoms. The van der Waals surface area contributed by atoms with Crippen LogP contribution in [0.15, 0.2) is 0 Å². The van der Waals surface area contributed by atoms with Crippen LogP contribution in [0.4, 0.5) is 0 Å². The van der Waals surface area contributed by atoms with Crippen molar-refractivity contribution in [2.24, 2.45) is 0 Å². The van der Waals surface area contributed by atoms with Crippen LogP contribution in [0.3, 0.4) is 0 Å². The highest BCUT2D eigenvalue weighted by molar-refractivity contribution is 9.09. The van der Waals surface area contributed by atoms with Gasteiger partial charge >= 0.3 is 0 Å². The first-order chi connectivity index (χ1) is 8.60. The summed E-state index contributed by atoms with van der Waals surface area (Å²) in [7, 11) is -3.15. The second kappa shape index (κ2) is 8.47. The van der Waals surface area contributed by atoms with Crippen molar-refractivity contribution in [3.05, 3.63) is 0 Å². The molecule has 1 aliphatic heterocycles. The van der Waals surface area contributed by atoms with Crippen molar-refractivity contribution in [1.82, 2.24) is 9.21 Å². The van der Waals surface area contributed by atoms with Crippen LogP contribution in [0.1, 0.15) is 13.3 Å². The average Bonchev–Trinajstić information content (AvgIpc) is 2.56. The van der Waals surface area contributed by atoms with Crippen molar-refractivity contribution in [1.29, 1.82) is 0 Å². The monoisotopic (exact) mass is 342 g/mol. The molecule has 7 heteroatoms. The minimum absolute atomic E-state index is 0.0965. The Morgan fingerprint density at radius 2 is 2.00 bits per heavy atom. The number of ether oxygens (including phenoxy) is 1. The van der Waals surface area contributed by atoms with E-state index in [9.17, 15) is 8.42 Å². The largest absolute Gasteiger partial charge is 0.381 e. The summed E-state index contributed by atoms with van der Waals surface area (Å²) in [5.41, 5.74) is 0. The first-order valence-corrected chi connectivity index (χ1v) is 9.17. The summed E-state index contributed by atoms with van der Waals surface area (Å²) < 4.78 is 30.9. The smallest absolute Gasteiger partial charge is 0.216 e. The van der Waals surface area contributed by atoms with Crippen LogP contribution in [-0.2, 0) is 14.8 Å². The molecule has 0 atom stereocenters. The SMILES string of the molecule is CCOCCS(=O)(=O)N1CCCN(CCBr)CC1. The predicted octanol–water partition coefficient (Wildman–Crippen LogP) is 0.755. The van der Waals surface area contributed by atoms with Gasteiger partial charge in [0, 0.05) is 38.1 Å². The summed E-state index contributed by atoms with van der Waals surface area (Å²) in [6.07, 6.45) is 0.904. The zero-order valence-corrected chi connectivity index (χ0v) is 13.4. The molecule has 0 radical (unpaired) electrons. The highest BCUT2D eigenvalue weighted by Gasteiger charge is 2.24. The lowest BCUT2D eigenvalue weighted by Crippen LogP contribution is -2.37. The third kappa shape index (κ3) is 5.52. The van der Waals surface area contributed by atoms with E-state index in [2.05, 4.69) is 20.8 Å². The molecule has 108 valence electrons. The molecule has 5 nitrogen and oxygen atoms in total. The molecule has 1 heterocycles. The van der Waals surface area contributed by atoms with Gasteiger partial charge in [-0.05, 0) is 19.9 Å². The van der Waals surface area contributed by atoms with Gasteiger partial charge in [0.15, 0.2) is 0 Å². The molecular formula is C11H23BrN2O3S. The van der Waals surface area contributed by atoms with Gasteiger partial charge in [-0.1, -0.05) is 15.9 Å². The Bertz CT molecular complexity index is 324. The van der Waals surface area contributed by atoms with Gasteiger partial charge in [-0.2, -0.15) is 0 Å². The molecule has 1 saturated heterocycles. The highest BCUT2D eigenvalue weighted by Crippen LogP contribution is 2.09. The molecular weight excluding hydrogens is 320 g/mol. The number of alkyl halides is 1. The fraction of sp³-hybridized carbons (Fsp3) is 1.00. The van der Waals surface area contributed by atoms with Crippen LogP contribution in [0, 0.1) is 0 Å². The van der Waals surface area contributed by atoms with Crippen molar-refractivity contribution < 1.29 is 13.2 Å². The molecule has 0 unspecified atom stereocenters. The lowest BCUT2D eigenvalue weighted by molar-refractivity contribution is 0.162. The third-order valence-corrected chi connectivity index (χ3v) is 5.22. The molecule has 18 heavy (non-hydrogen) atoms. The fourth-order valence-corrected chi connectivity index (χ4v) is 3.86. The molecule has 1 aliphatic rings. The lowest BCUT2D eigenvalue weighted by atomic mass is 10.4. The molecule has 1 rings (SSSR count). The zero-order chi connectivity index (χ0) is 13.4. The third-order valence-electron chi connectivity index (χ3n) is 3.03. The summed E-state index contributed by atoms with van der Waals surface area (Å²) >= 11 is 3.42. The number of rotatable bonds is 7. The second-order valence-electron chi connectivity index (χ2n) is 4.30. The van der Waals surface area contributed by atoms with Crippen molar-refractivity contribution >= 4 is 26.0 Å². The Labute approximate surface area is 119 Å². The minimum Gasteiger partial charge on any atom is -0.381 e. The first-order valence-electron chi connectivity index (χ1n) is 6.44. The van der Waals surface area contributed by atoms with Crippen LogP contribution in [0.5, 0.6) is 0 Å². The number of hydrogen-bond acceptors (Lipinski definition) is 4. The highest BCUT2D eigenvalue weighted by atomic mass is 79.9. The van der Waals surface area contributed by atoms with Crippen LogP contribution >= 0.6 is 15.9 Å². The van der Waals surface area contributed by atoms with Crippen LogP contribution in [0.2, 0.25) is 0 Å². The second-order valence-corrected chi connectivity index (χ2v) is 7.18. The van der Waals surface area contributed by atoms with E-state index in [1.165, 1.54) is 0 Å². The topological polar surface area (TPSA) is 49.9 Å². The predicted molar refractivity (Wildman–Crippen MR) is 76.7 cm³/mol. The Balaban J connectivity index is 2.45. The van der Waals surface area contributed by atoms with Crippen LogP contribution in [-0.4, -0.2) is 74.6 Å². The number of halogens is 1. The number of nitrogens with zero attached hydrogens (tertiary/aromatic N) is 2. The Kier molecular flexibility index (Phi) is 7.70. The van der Waals surface area contributed by atoms with E-state index < -0.39 is 10.0 Å². The Morgan fingerprint density at radius 3 is 2.67 bits per heavy atom. The molecule has 1 fully saturated rings. The molecule has 0 amide bonds. The van der Waals surface area contributed by atoms with E-state index in [-0.39, 0.29) is 5.75 Å². The standard InChI is InChI=1S/C11H23BrN2O3S/c1-2-17-10-11-18(15,16)14-6-3-5-13(7-4-12)8-9-14/h2-11H2,1H3. The molecule has 0 spiro atoms. The van der Waals surface area contributed by atoms with E-state index in [0.29, 0.717) is 26.3 Å². The average molecular weight is 343 g/mol. The van der Waals surface area contributed by atoms with Crippen molar-refractivity contribution in [2.45, 2.75) is 13.3 Å². The van der Waals surface area contributed by atoms with Crippen molar-refractivity contribution in [2.75, 3.05) is 57.0 Å². The van der Waals surface area contributed by atoms with Gasteiger partial charge in [0.05, 0.1) is 12.4 Å². The van der Waals surface area contributed by atoms with Gasteiger partial charge < -0.3 is 9.64 Å². The molecule has 0 aliphatic carbocycles. The Morgan fingerprint density at radius 1 is 1.22 bits per heavy atom. The summed E-state index contributed by atoms with van der Waals surface area (Å²) in [5, 5.41) is 0.935. The van der Waals surface area contributed by atoms with E-state index in [1.54, 1.807) is 4.31 Å². The van der Waals surface area contributed by atoms with E-state index in [1.807, 2.05) is 6.92 Å². The van der Waals surface area contributed by atoms with Gasteiger partial charge in [-0.25, -0.2) is 12.7 Å². The van der Waals surface area contributed by atoms with Gasteiger partial charge in [-0.3, -0.25) is 0 Å². The molecule has 0 aromatic heterocycles. The fourth-order valence-electron chi connectivity index (χ4n) is 2.01. The van der Waals surface area contributed by atoms with Crippen LogP contribution in [0.25, 0.3) is 0 Å². The number of hydrogen-bond donors (Lipinski definition) is 0. The van der Waals surface area contributed by atoms with Crippen molar-refractivity contribution in [3.8, 4) is 0 Å². The summed E-state index contributed by atoms with van der Waals surface area (Å²) in [6.45, 7) is 6.73. The van der Waals surface area contributed by atoms with Gasteiger partial charge in [0.1, 0.15) is 0 Å². The summed E-state index contributed by atoms with van der Waals surface area (Å²) in [5.74, 6) is 0.0965. The maximum absolute atomic E-state index is 12.1. The van der Waals surface area contributed by atoms with Crippen LogP contribution < -0.4 is 0 Å². The normalized spacial score (nSPS) is 19.9. The van der Waals surface area contributed by atoms with E-state index in [4.69, 9.17) is 4.74 Å². The maximum Gasteiger partial charge on any atom is 0.216 e. The minimum atomic E-state index is -3.15. The first kappa shape index (κ1) is 16.4. The van der Waals surface area contributed by atoms with Crippen molar-refractivity contribution in [3.63, 3.8) is 0 Å². The molecule has 0 saturated carbocycles. The van der Waals surface area contributed by atoms with E-state index in [0.717, 1.165) is 31.4 Å². The molecule has 0 aromatic rings. The number of sulfonamides is 1. The molecule has 0 aromatic carbocycles.